The van der Waals surface area contributed by atoms with E-state index in [0.29, 0.717) is 5.39 Å². The highest BCUT2D eigenvalue weighted by atomic mass is 32.2. The molecule has 0 N–H and O–H groups in total. The third-order valence-corrected chi connectivity index (χ3v) is 7.00. The summed E-state index contributed by atoms with van der Waals surface area (Å²) in [7, 11) is 2.10. The zero-order valence-corrected chi connectivity index (χ0v) is 16.4. The zero-order valence-electron chi connectivity index (χ0n) is 15.6. The first-order chi connectivity index (χ1) is 13.6. The van der Waals surface area contributed by atoms with Gasteiger partial charge in [-0.25, -0.2) is 8.96 Å². The van der Waals surface area contributed by atoms with E-state index in [4.69, 9.17) is 0 Å². The number of benzene rings is 4. The predicted octanol–water partition coefficient (Wildman–Crippen LogP) is 6.55. The Morgan fingerprint density at radius 2 is 1.64 bits per heavy atom. The molecule has 134 valence electrons. The number of hydrogen-bond donors (Lipinski definition) is 0. The van der Waals surface area contributed by atoms with E-state index >= 15 is 0 Å². The topological polar surface area (TPSA) is 3.88 Å². The average molecular weight is 382 g/mol. The van der Waals surface area contributed by atoms with E-state index < -0.39 is 0 Å². The molecule has 6 rings (SSSR count). The van der Waals surface area contributed by atoms with Gasteiger partial charge in [0.1, 0.15) is 12.9 Å². The van der Waals surface area contributed by atoms with Crippen molar-refractivity contribution in [3.05, 3.63) is 78.2 Å². The Morgan fingerprint density at radius 3 is 2.54 bits per heavy atom. The van der Waals surface area contributed by atoms with Gasteiger partial charge in [0.2, 0.25) is 5.69 Å². The predicted molar refractivity (Wildman–Crippen MR) is 114 cm³/mol. The summed E-state index contributed by atoms with van der Waals surface area (Å²) in [6.07, 6.45) is 2.10. The normalized spacial score (nSPS) is 12.7. The van der Waals surface area contributed by atoms with Crippen molar-refractivity contribution >= 4 is 44.1 Å². The summed E-state index contributed by atoms with van der Waals surface area (Å²) < 4.78 is 16.8. The Bertz CT molecular complexity index is 1470. The minimum Gasteiger partial charge on any atom is -0.206 e. The number of aromatic nitrogens is 1. The molecule has 0 radical (unpaired) electrons. The molecule has 3 heteroatoms. The van der Waals surface area contributed by atoms with Gasteiger partial charge < -0.3 is 0 Å². The minimum atomic E-state index is -0.161. The summed E-state index contributed by atoms with van der Waals surface area (Å²) in [6.45, 7) is 2.21. The van der Waals surface area contributed by atoms with E-state index in [0.717, 1.165) is 15.7 Å². The van der Waals surface area contributed by atoms with E-state index in [2.05, 4.69) is 61.1 Å². The van der Waals surface area contributed by atoms with Gasteiger partial charge in [0.25, 0.3) is 0 Å². The van der Waals surface area contributed by atoms with Crippen LogP contribution in [0.25, 0.3) is 43.6 Å². The Morgan fingerprint density at radius 1 is 0.821 bits per heavy atom. The highest BCUT2D eigenvalue weighted by molar-refractivity contribution is 7.99. The second-order valence-corrected chi connectivity index (χ2v) is 8.56. The van der Waals surface area contributed by atoms with Gasteiger partial charge in [-0.15, -0.1) is 0 Å². The second-order valence-electron chi connectivity index (χ2n) is 7.47. The minimum absolute atomic E-state index is 0.161. The van der Waals surface area contributed by atoms with Crippen LogP contribution in [0.15, 0.2) is 76.7 Å². The van der Waals surface area contributed by atoms with Gasteiger partial charge in [-0.2, -0.15) is 0 Å². The standard InChI is InChI=1S/C25H17FNS/c1-14-16-7-4-3-6-15(16)12-21-23(14)25-24-18(10-11-27(25)2)17-8-5-9-20(26)19(17)13-22(24)28-21/h3-13H,1-2H3/q+1. The second kappa shape index (κ2) is 5.55. The molecule has 1 nitrogen and oxygen atoms in total. The van der Waals surface area contributed by atoms with E-state index in [1.54, 1.807) is 23.9 Å². The molecule has 0 spiro atoms. The fourth-order valence-corrected chi connectivity index (χ4v) is 5.88. The summed E-state index contributed by atoms with van der Waals surface area (Å²) in [6, 6.07) is 20.3. The van der Waals surface area contributed by atoms with Crippen LogP contribution in [0.4, 0.5) is 4.39 Å². The number of hydrogen-bond acceptors (Lipinski definition) is 1. The first kappa shape index (κ1) is 16.1. The monoisotopic (exact) mass is 382 g/mol. The van der Waals surface area contributed by atoms with E-state index in [-0.39, 0.29) is 5.82 Å². The highest BCUT2D eigenvalue weighted by Crippen LogP contribution is 2.50. The molecule has 1 aliphatic rings. The lowest BCUT2D eigenvalue weighted by molar-refractivity contribution is -0.659. The molecule has 0 unspecified atom stereocenters. The van der Waals surface area contributed by atoms with Crippen molar-refractivity contribution in [2.75, 3.05) is 0 Å². The van der Waals surface area contributed by atoms with Crippen molar-refractivity contribution in [1.82, 2.24) is 0 Å². The molecule has 1 aliphatic heterocycles. The third kappa shape index (κ3) is 2.00. The van der Waals surface area contributed by atoms with Crippen LogP contribution in [0.1, 0.15) is 5.56 Å². The Balaban J connectivity index is 1.86. The van der Waals surface area contributed by atoms with Crippen LogP contribution in [0, 0.1) is 12.7 Å². The fraction of sp³-hybridized carbons (Fsp3) is 0.0800. The maximum Gasteiger partial charge on any atom is 0.222 e. The number of nitrogens with zero attached hydrogens (tertiary/aromatic N) is 1. The molecule has 28 heavy (non-hydrogen) atoms. The molecular formula is C25H17FNS+. The van der Waals surface area contributed by atoms with Gasteiger partial charge in [-0.05, 0) is 46.8 Å². The molecule has 0 fully saturated rings. The summed E-state index contributed by atoms with van der Waals surface area (Å²) in [4.78, 5) is 2.36. The van der Waals surface area contributed by atoms with Crippen LogP contribution < -0.4 is 4.57 Å². The quantitative estimate of drug-likeness (QED) is 0.213. The molecule has 0 saturated carbocycles. The first-order valence-electron chi connectivity index (χ1n) is 9.37. The van der Waals surface area contributed by atoms with E-state index in [1.165, 1.54) is 37.9 Å². The molecule has 0 atom stereocenters. The van der Waals surface area contributed by atoms with Gasteiger partial charge >= 0.3 is 0 Å². The molecule has 0 saturated heterocycles. The highest BCUT2D eigenvalue weighted by Gasteiger charge is 2.30. The third-order valence-electron chi connectivity index (χ3n) is 5.92. The summed E-state index contributed by atoms with van der Waals surface area (Å²) in [5.74, 6) is -0.161. The van der Waals surface area contributed by atoms with Crippen LogP contribution in [0.3, 0.4) is 0 Å². The van der Waals surface area contributed by atoms with Crippen molar-refractivity contribution in [3.63, 3.8) is 0 Å². The SMILES string of the molecule is Cc1c2c(cc3ccccc13)Sc1cc3c(F)cccc3c3cc[n+](C)c-2c13. The van der Waals surface area contributed by atoms with Gasteiger partial charge in [-0.1, -0.05) is 48.2 Å². The van der Waals surface area contributed by atoms with Gasteiger partial charge in [0, 0.05) is 26.6 Å². The largest absolute Gasteiger partial charge is 0.222 e. The van der Waals surface area contributed by atoms with Crippen molar-refractivity contribution in [2.24, 2.45) is 7.05 Å². The lowest BCUT2D eigenvalue weighted by Crippen LogP contribution is -2.31. The lowest BCUT2D eigenvalue weighted by atomic mass is 9.93. The first-order valence-corrected chi connectivity index (χ1v) is 10.2. The molecule has 2 heterocycles. The number of aryl methyl sites for hydroxylation is 2. The fourth-order valence-electron chi connectivity index (χ4n) is 4.62. The zero-order chi connectivity index (χ0) is 19.0. The number of rotatable bonds is 0. The maximum atomic E-state index is 14.6. The van der Waals surface area contributed by atoms with Crippen molar-refractivity contribution < 1.29 is 8.96 Å². The summed E-state index contributed by atoms with van der Waals surface area (Å²) in [5.41, 5.74) is 3.81. The van der Waals surface area contributed by atoms with Crippen LogP contribution in [-0.2, 0) is 7.05 Å². The smallest absolute Gasteiger partial charge is 0.206 e. The Kier molecular flexibility index (Phi) is 3.19. The molecule has 0 bridgehead atoms. The molecular weight excluding hydrogens is 365 g/mol. The van der Waals surface area contributed by atoms with Crippen molar-refractivity contribution in [3.8, 4) is 11.3 Å². The van der Waals surface area contributed by atoms with E-state index in [9.17, 15) is 4.39 Å². The molecule has 5 aromatic rings. The maximum absolute atomic E-state index is 14.6. The van der Waals surface area contributed by atoms with Crippen LogP contribution in [0.2, 0.25) is 0 Å². The molecule has 0 amide bonds. The van der Waals surface area contributed by atoms with Gasteiger partial charge in [0.05, 0.1) is 10.9 Å². The van der Waals surface area contributed by atoms with Gasteiger partial charge in [0.15, 0.2) is 6.20 Å². The Hall–Kier alpha value is -2.91. The molecule has 0 aliphatic carbocycles. The van der Waals surface area contributed by atoms with Crippen LogP contribution >= 0.6 is 11.8 Å². The van der Waals surface area contributed by atoms with E-state index in [1.807, 2.05) is 12.1 Å². The summed E-state index contributed by atoms with van der Waals surface area (Å²) in [5, 5.41) is 6.54. The molecule has 4 aromatic carbocycles. The van der Waals surface area contributed by atoms with Crippen LogP contribution in [-0.4, -0.2) is 0 Å². The molecule has 1 aromatic heterocycles. The summed E-state index contributed by atoms with van der Waals surface area (Å²) >= 11 is 1.76. The number of pyridine rings is 1. The Labute approximate surface area is 166 Å². The van der Waals surface area contributed by atoms with Crippen molar-refractivity contribution in [2.45, 2.75) is 16.7 Å². The number of halogens is 1. The van der Waals surface area contributed by atoms with Crippen LogP contribution in [0.5, 0.6) is 0 Å². The number of fused-ring (bicyclic) bond motifs is 5. The average Bonchev–Trinajstić information content (AvgIpc) is 2.70. The van der Waals surface area contributed by atoms with Gasteiger partial charge in [-0.3, -0.25) is 0 Å². The lowest BCUT2D eigenvalue weighted by Gasteiger charge is -2.22. The van der Waals surface area contributed by atoms with Crippen molar-refractivity contribution in [1.29, 1.82) is 0 Å².